The van der Waals surface area contributed by atoms with E-state index in [0.717, 1.165) is 13.0 Å². The molecule has 1 saturated heterocycles. The van der Waals surface area contributed by atoms with Crippen LogP contribution in [0.5, 0.6) is 5.88 Å². The zero-order chi connectivity index (χ0) is 16.5. The molecule has 0 radical (unpaired) electrons. The summed E-state index contributed by atoms with van der Waals surface area (Å²) in [5.74, 6) is 0.281. The summed E-state index contributed by atoms with van der Waals surface area (Å²) in [6, 6.07) is 8.54. The molecule has 0 spiro atoms. The molecule has 3 heterocycles. The van der Waals surface area contributed by atoms with E-state index in [0.29, 0.717) is 43.4 Å². The van der Waals surface area contributed by atoms with E-state index in [-0.39, 0.29) is 17.8 Å². The van der Waals surface area contributed by atoms with Gasteiger partial charge in [0.25, 0.3) is 5.91 Å². The number of benzene rings is 1. The summed E-state index contributed by atoms with van der Waals surface area (Å²) in [6.45, 7) is 3.40. The number of amides is 1. The summed E-state index contributed by atoms with van der Waals surface area (Å²) in [6.07, 6.45) is 0.851. The SMILES string of the molecule is O=C(NC1CCN(Cc2ccccc2F)C1)c1cc2n(n1)CCO2. The maximum atomic E-state index is 13.7. The number of carbonyl (C=O) groups excluding carboxylic acids is 1. The summed E-state index contributed by atoms with van der Waals surface area (Å²) in [7, 11) is 0. The van der Waals surface area contributed by atoms with Gasteiger partial charge in [-0.3, -0.25) is 9.69 Å². The van der Waals surface area contributed by atoms with Gasteiger partial charge in [-0.15, -0.1) is 0 Å². The van der Waals surface area contributed by atoms with Gasteiger partial charge in [0.15, 0.2) is 5.69 Å². The lowest BCUT2D eigenvalue weighted by molar-refractivity contribution is 0.0931. The molecule has 4 rings (SSSR count). The lowest BCUT2D eigenvalue weighted by atomic mass is 10.2. The number of aromatic nitrogens is 2. The number of rotatable bonds is 4. The van der Waals surface area contributed by atoms with Crippen LogP contribution < -0.4 is 10.1 Å². The number of nitrogens with zero attached hydrogens (tertiary/aromatic N) is 3. The zero-order valence-electron chi connectivity index (χ0n) is 13.2. The second-order valence-corrected chi connectivity index (χ2v) is 6.23. The van der Waals surface area contributed by atoms with E-state index in [2.05, 4.69) is 15.3 Å². The first kappa shape index (κ1) is 15.1. The third-order valence-corrected chi connectivity index (χ3v) is 4.49. The van der Waals surface area contributed by atoms with Gasteiger partial charge in [-0.2, -0.15) is 5.10 Å². The van der Waals surface area contributed by atoms with Gasteiger partial charge < -0.3 is 10.1 Å². The third-order valence-electron chi connectivity index (χ3n) is 4.49. The summed E-state index contributed by atoms with van der Waals surface area (Å²) in [5.41, 5.74) is 1.07. The van der Waals surface area contributed by atoms with Crippen LogP contribution in [0, 0.1) is 5.82 Å². The Morgan fingerprint density at radius 3 is 3.08 bits per heavy atom. The molecular weight excluding hydrogens is 311 g/mol. The van der Waals surface area contributed by atoms with Crippen molar-refractivity contribution in [1.82, 2.24) is 20.0 Å². The molecule has 2 aliphatic rings. The van der Waals surface area contributed by atoms with Gasteiger partial charge in [0.2, 0.25) is 5.88 Å². The quantitative estimate of drug-likeness (QED) is 0.921. The normalized spacial score (nSPS) is 20.0. The molecule has 2 aliphatic heterocycles. The maximum Gasteiger partial charge on any atom is 0.272 e. The van der Waals surface area contributed by atoms with Gasteiger partial charge >= 0.3 is 0 Å². The zero-order valence-corrected chi connectivity index (χ0v) is 13.2. The van der Waals surface area contributed by atoms with E-state index in [1.54, 1.807) is 22.9 Å². The molecule has 1 atom stereocenters. The summed E-state index contributed by atoms with van der Waals surface area (Å²) < 4.78 is 20.8. The van der Waals surface area contributed by atoms with E-state index < -0.39 is 0 Å². The van der Waals surface area contributed by atoms with Crippen LogP contribution in [0.2, 0.25) is 0 Å². The number of hydrogen-bond acceptors (Lipinski definition) is 4. The van der Waals surface area contributed by atoms with Crippen molar-refractivity contribution in [3.8, 4) is 5.88 Å². The van der Waals surface area contributed by atoms with Gasteiger partial charge in [0.1, 0.15) is 12.4 Å². The molecule has 0 aliphatic carbocycles. The molecule has 7 heteroatoms. The van der Waals surface area contributed by atoms with Gasteiger partial charge in [0, 0.05) is 37.3 Å². The molecule has 1 unspecified atom stereocenters. The number of carbonyl (C=O) groups is 1. The molecule has 1 N–H and O–H groups in total. The number of ether oxygens (including phenoxy) is 1. The minimum absolute atomic E-state index is 0.0572. The minimum atomic E-state index is -0.183. The Morgan fingerprint density at radius 2 is 2.25 bits per heavy atom. The first-order chi connectivity index (χ1) is 11.7. The third kappa shape index (κ3) is 2.99. The minimum Gasteiger partial charge on any atom is -0.476 e. The predicted octanol–water partition coefficient (Wildman–Crippen LogP) is 1.42. The Bertz CT molecular complexity index is 739. The van der Waals surface area contributed by atoms with E-state index in [9.17, 15) is 9.18 Å². The van der Waals surface area contributed by atoms with E-state index >= 15 is 0 Å². The van der Waals surface area contributed by atoms with Crippen molar-refractivity contribution >= 4 is 5.91 Å². The Balaban J connectivity index is 1.33. The van der Waals surface area contributed by atoms with Crippen molar-refractivity contribution in [3.05, 3.63) is 47.4 Å². The fourth-order valence-corrected chi connectivity index (χ4v) is 3.24. The maximum absolute atomic E-state index is 13.7. The van der Waals surface area contributed by atoms with Gasteiger partial charge in [-0.25, -0.2) is 9.07 Å². The summed E-state index contributed by atoms with van der Waals surface area (Å²) in [4.78, 5) is 14.5. The monoisotopic (exact) mass is 330 g/mol. The van der Waals surface area contributed by atoms with Gasteiger partial charge in [-0.1, -0.05) is 18.2 Å². The number of likely N-dealkylation sites (tertiary alicyclic amines) is 1. The molecule has 0 bridgehead atoms. The average Bonchev–Trinajstić information content (AvgIpc) is 3.25. The van der Waals surface area contributed by atoms with Crippen molar-refractivity contribution in [2.45, 2.75) is 25.6 Å². The lowest BCUT2D eigenvalue weighted by Crippen LogP contribution is -2.37. The van der Waals surface area contributed by atoms with E-state index in [1.165, 1.54) is 6.07 Å². The highest BCUT2D eigenvalue weighted by molar-refractivity contribution is 5.92. The molecule has 1 fully saturated rings. The number of hydrogen-bond donors (Lipinski definition) is 1. The Hall–Kier alpha value is -2.41. The lowest BCUT2D eigenvalue weighted by Gasteiger charge is -2.17. The van der Waals surface area contributed by atoms with E-state index in [4.69, 9.17) is 4.74 Å². The van der Waals surface area contributed by atoms with Crippen LogP contribution >= 0.6 is 0 Å². The van der Waals surface area contributed by atoms with Crippen molar-refractivity contribution in [2.75, 3.05) is 19.7 Å². The van der Waals surface area contributed by atoms with E-state index in [1.807, 2.05) is 6.07 Å². The first-order valence-corrected chi connectivity index (χ1v) is 8.16. The van der Waals surface area contributed by atoms with Crippen molar-refractivity contribution < 1.29 is 13.9 Å². The van der Waals surface area contributed by atoms with Crippen molar-refractivity contribution in [2.24, 2.45) is 0 Å². The fraction of sp³-hybridized carbons (Fsp3) is 0.412. The molecule has 0 saturated carbocycles. The van der Waals surface area contributed by atoms with Crippen LogP contribution in [0.3, 0.4) is 0 Å². The molecule has 1 amide bonds. The largest absolute Gasteiger partial charge is 0.476 e. The highest BCUT2D eigenvalue weighted by Gasteiger charge is 2.26. The standard InChI is InChI=1S/C17H19FN4O2/c18-14-4-2-1-3-12(14)10-21-6-5-13(11-21)19-17(23)15-9-16-22(20-15)7-8-24-16/h1-4,9,13H,5-8,10-11H2,(H,19,23). The molecule has 1 aromatic carbocycles. The van der Waals surface area contributed by atoms with Crippen LogP contribution in [0.4, 0.5) is 4.39 Å². The number of fused-ring (bicyclic) bond motifs is 1. The Morgan fingerprint density at radius 1 is 1.38 bits per heavy atom. The second kappa shape index (κ2) is 6.24. The Kier molecular flexibility index (Phi) is 3.93. The van der Waals surface area contributed by atoms with Gasteiger partial charge in [0.05, 0.1) is 6.54 Å². The average molecular weight is 330 g/mol. The van der Waals surface area contributed by atoms with Crippen LogP contribution in [-0.2, 0) is 13.1 Å². The molecule has 126 valence electrons. The van der Waals surface area contributed by atoms with Crippen LogP contribution in [0.1, 0.15) is 22.5 Å². The Labute approximate surface area is 139 Å². The number of halogens is 1. The van der Waals surface area contributed by atoms with Crippen LogP contribution in [0.15, 0.2) is 30.3 Å². The van der Waals surface area contributed by atoms with Crippen molar-refractivity contribution in [3.63, 3.8) is 0 Å². The second-order valence-electron chi connectivity index (χ2n) is 6.23. The van der Waals surface area contributed by atoms with Crippen LogP contribution in [0.25, 0.3) is 0 Å². The molecule has 2 aromatic rings. The topological polar surface area (TPSA) is 59.4 Å². The number of nitrogens with one attached hydrogen (secondary N) is 1. The van der Waals surface area contributed by atoms with Gasteiger partial charge in [-0.05, 0) is 12.5 Å². The van der Waals surface area contributed by atoms with Crippen molar-refractivity contribution in [1.29, 1.82) is 0 Å². The molecule has 6 nitrogen and oxygen atoms in total. The summed E-state index contributed by atoms with van der Waals surface area (Å²) >= 11 is 0. The molecular formula is C17H19FN4O2. The highest BCUT2D eigenvalue weighted by atomic mass is 19.1. The predicted molar refractivity (Wildman–Crippen MR) is 85.3 cm³/mol. The molecule has 24 heavy (non-hydrogen) atoms. The summed E-state index contributed by atoms with van der Waals surface area (Å²) in [5, 5.41) is 7.26. The smallest absolute Gasteiger partial charge is 0.272 e. The first-order valence-electron chi connectivity index (χ1n) is 8.16. The van der Waals surface area contributed by atoms with Crippen LogP contribution in [-0.4, -0.2) is 46.3 Å². The molecule has 1 aromatic heterocycles. The fourth-order valence-electron chi connectivity index (χ4n) is 3.24. The highest BCUT2D eigenvalue weighted by Crippen LogP contribution is 2.19.